The van der Waals surface area contributed by atoms with Crippen molar-refractivity contribution in [2.75, 3.05) is 54.2 Å². The summed E-state index contributed by atoms with van der Waals surface area (Å²) >= 11 is 0. The number of halogens is 1. The molecule has 3 aromatic carbocycles. The highest BCUT2D eigenvalue weighted by Gasteiger charge is 2.20. The molecule has 5 N–H and O–H groups in total. The van der Waals surface area contributed by atoms with Gasteiger partial charge in [-0.3, -0.25) is 4.79 Å². The average molecular weight is 611 g/mol. The normalized spacial score (nSPS) is 13.6. The number of hydrogen-bond acceptors (Lipinski definition) is 8. The van der Waals surface area contributed by atoms with Crippen LogP contribution in [0.5, 0.6) is 0 Å². The Hall–Kier alpha value is -5.36. The van der Waals surface area contributed by atoms with Crippen LogP contribution >= 0.6 is 0 Å². The molecule has 1 fully saturated rings. The molecule has 0 aliphatic carbocycles. The molecule has 12 heteroatoms. The van der Waals surface area contributed by atoms with Crippen molar-refractivity contribution in [2.45, 2.75) is 20.8 Å². The molecule has 3 amide bonds. The molecule has 1 aliphatic rings. The molecule has 5 rings (SSSR count). The van der Waals surface area contributed by atoms with Gasteiger partial charge in [-0.05, 0) is 74.0 Å². The molecule has 0 radical (unpaired) electrons. The Balaban J connectivity index is 1.42. The maximum absolute atomic E-state index is 14.3. The second-order valence-corrected chi connectivity index (χ2v) is 10.6. The van der Waals surface area contributed by atoms with E-state index in [4.69, 9.17) is 20.1 Å². The fourth-order valence-corrected chi connectivity index (χ4v) is 5.13. The Morgan fingerprint density at radius 1 is 0.889 bits per heavy atom. The van der Waals surface area contributed by atoms with Gasteiger partial charge in [0.15, 0.2) is 5.82 Å². The molecular formula is C33H35FN8O3. The zero-order chi connectivity index (χ0) is 32.1. The number of anilines is 4. The van der Waals surface area contributed by atoms with Crippen LogP contribution in [-0.2, 0) is 9.53 Å². The largest absolute Gasteiger partial charge is 0.391 e. The van der Waals surface area contributed by atoms with E-state index in [0.717, 1.165) is 45.2 Å². The second kappa shape index (κ2) is 13.5. The van der Waals surface area contributed by atoms with Gasteiger partial charge in [0.05, 0.1) is 24.4 Å². The Bertz CT molecular complexity index is 1800. The molecule has 1 saturated heterocycles. The summed E-state index contributed by atoms with van der Waals surface area (Å²) in [5, 5.41) is 20.1. The third kappa shape index (κ3) is 7.24. The molecule has 45 heavy (non-hydrogen) atoms. The number of carbonyl (C=O) groups is 2. The second-order valence-electron chi connectivity index (χ2n) is 10.6. The van der Waals surface area contributed by atoms with E-state index in [1.807, 2.05) is 44.3 Å². The maximum Gasteiger partial charge on any atom is 0.323 e. The van der Waals surface area contributed by atoms with Gasteiger partial charge in [-0.2, -0.15) is 0 Å². The number of aromatic nitrogens is 2. The lowest BCUT2D eigenvalue weighted by atomic mass is 9.98. The van der Waals surface area contributed by atoms with Crippen LogP contribution < -0.4 is 26.2 Å². The number of morpholine rings is 1. The number of benzene rings is 3. The topological polar surface area (TPSA) is 144 Å². The van der Waals surface area contributed by atoms with E-state index in [-0.39, 0.29) is 11.4 Å². The molecule has 1 aliphatic heterocycles. The van der Waals surface area contributed by atoms with E-state index in [0.29, 0.717) is 43.5 Å². The van der Waals surface area contributed by atoms with Crippen LogP contribution in [0.2, 0.25) is 0 Å². The summed E-state index contributed by atoms with van der Waals surface area (Å²) in [5.41, 5.74) is 5.32. The average Bonchev–Trinajstić information content (AvgIpc) is 3.02. The Morgan fingerprint density at radius 2 is 1.58 bits per heavy atom. The zero-order valence-electron chi connectivity index (χ0n) is 25.5. The number of fused-ring (bicyclic) bond motifs is 1. The van der Waals surface area contributed by atoms with Gasteiger partial charge >= 0.3 is 6.03 Å². The molecule has 0 bridgehead atoms. The Morgan fingerprint density at radius 3 is 2.22 bits per heavy atom. The summed E-state index contributed by atoms with van der Waals surface area (Å²) in [4.78, 5) is 35.9. The number of ether oxygens (including phenoxy) is 1. The van der Waals surface area contributed by atoms with Gasteiger partial charge in [0.25, 0.3) is 0 Å². The highest BCUT2D eigenvalue weighted by molar-refractivity contribution is 6.22. The zero-order valence-corrected chi connectivity index (χ0v) is 25.5. The van der Waals surface area contributed by atoms with Crippen molar-refractivity contribution >= 4 is 57.0 Å². The lowest BCUT2D eigenvalue weighted by Gasteiger charge is -2.29. The van der Waals surface area contributed by atoms with Crippen molar-refractivity contribution in [1.82, 2.24) is 15.3 Å². The van der Waals surface area contributed by atoms with Crippen LogP contribution in [0, 0.1) is 11.2 Å². The Labute approximate surface area is 260 Å². The monoisotopic (exact) mass is 610 g/mol. The lowest BCUT2D eigenvalue weighted by molar-refractivity contribution is -0.114. The molecule has 0 spiro atoms. The van der Waals surface area contributed by atoms with Gasteiger partial charge in [0.1, 0.15) is 11.6 Å². The third-order valence-electron chi connectivity index (χ3n) is 7.34. The van der Waals surface area contributed by atoms with E-state index in [2.05, 4.69) is 26.2 Å². The van der Waals surface area contributed by atoms with Crippen molar-refractivity contribution in [3.63, 3.8) is 0 Å². The van der Waals surface area contributed by atoms with Gasteiger partial charge in [0, 0.05) is 66.4 Å². The number of allylic oxidation sites excluding steroid dienone is 2. The van der Waals surface area contributed by atoms with E-state index in [1.54, 1.807) is 19.1 Å². The van der Waals surface area contributed by atoms with Crippen molar-refractivity contribution in [1.29, 1.82) is 5.41 Å². The summed E-state index contributed by atoms with van der Waals surface area (Å²) in [7, 11) is 1.84. The fourth-order valence-electron chi connectivity index (χ4n) is 5.13. The van der Waals surface area contributed by atoms with Gasteiger partial charge in [-0.15, -0.1) is 0 Å². The first-order valence-corrected chi connectivity index (χ1v) is 14.5. The molecule has 0 unspecified atom stereocenters. The number of hydrogen-bond donors (Lipinski definition) is 5. The van der Waals surface area contributed by atoms with Crippen LogP contribution in [0.1, 0.15) is 26.3 Å². The first-order chi connectivity index (χ1) is 21.6. The number of urea groups is 1. The molecular weight excluding hydrogens is 575 g/mol. The van der Waals surface area contributed by atoms with E-state index in [1.165, 1.54) is 19.1 Å². The first-order valence-electron chi connectivity index (χ1n) is 14.5. The highest BCUT2D eigenvalue weighted by atomic mass is 19.1. The van der Waals surface area contributed by atoms with E-state index in [9.17, 15) is 14.0 Å². The fraction of sp³-hybridized carbons (Fsp3) is 0.242. The molecule has 0 atom stereocenters. The summed E-state index contributed by atoms with van der Waals surface area (Å²) in [6.07, 6.45) is 0. The SMILES string of the molecule is CN/C(C)=C(\C(C)=N)c1ccc2c(N3CCOCC3)nc(-c3ccc(NC(=O)Nc4ccc(NC(C)=O)c(F)c4)cc3)nc2c1. The minimum atomic E-state index is -0.663. The number of rotatable bonds is 8. The summed E-state index contributed by atoms with van der Waals surface area (Å²) in [6.45, 7) is 7.62. The minimum absolute atomic E-state index is 0.0304. The van der Waals surface area contributed by atoms with Crippen molar-refractivity contribution in [3.05, 3.63) is 77.7 Å². The molecule has 11 nitrogen and oxygen atoms in total. The quantitative estimate of drug-likeness (QED) is 0.157. The predicted molar refractivity (Wildman–Crippen MR) is 176 cm³/mol. The maximum atomic E-state index is 14.3. The molecule has 2 heterocycles. The lowest BCUT2D eigenvalue weighted by Crippen LogP contribution is -2.37. The van der Waals surface area contributed by atoms with Crippen LogP contribution in [-0.4, -0.2) is 61.0 Å². The smallest absolute Gasteiger partial charge is 0.323 e. The van der Waals surface area contributed by atoms with Crippen molar-refractivity contribution < 1.29 is 18.7 Å². The van der Waals surface area contributed by atoms with Gasteiger partial charge in [0.2, 0.25) is 5.91 Å². The van der Waals surface area contributed by atoms with Crippen molar-refractivity contribution in [3.8, 4) is 11.4 Å². The van der Waals surface area contributed by atoms with Gasteiger partial charge in [-0.1, -0.05) is 6.07 Å². The number of nitrogens with zero attached hydrogens (tertiary/aromatic N) is 3. The Kier molecular flexibility index (Phi) is 9.33. The molecule has 1 aromatic heterocycles. The van der Waals surface area contributed by atoms with Crippen LogP contribution in [0.4, 0.5) is 32.1 Å². The van der Waals surface area contributed by atoms with Crippen LogP contribution in [0.15, 0.2) is 66.4 Å². The van der Waals surface area contributed by atoms with E-state index < -0.39 is 17.8 Å². The third-order valence-corrected chi connectivity index (χ3v) is 7.34. The van der Waals surface area contributed by atoms with Crippen molar-refractivity contribution in [2.24, 2.45) is 0 Å². The van der Waals surface area contributed by atoms with Crippen LogP contribution in [0.3, 0.4) is 0 Å². The molecule has 232 valence electrons. The number of carbonyl (C=O) groups excluding carboxylic acids is 2. The highest BCUT2D eigenvalue weighted by Crippen LogP contribution is 2.31. The number of amides is 3. The minimum Gasteiger partial charge on any atom is -0.391 e. The van der Waals surface area contributed by atoms with Crippen LogP contribution in [0.25, 0.3) is 27.9 Å². The number of nitrogens with one attached hydrogen (secondary N) is 5. The first kappa shape index (κ1) is 31.1. The molecule has 0 saturated carbocycles. The van der Waals surface area contributed by atoms with E-state index >= 15 is 0 Å². The van der Waals surface area contributed by atoms with Gasteiger partial charge < -0.3 is 36.3 Å². The predicted octanol–water partition coefficient (Wildman–Crippen LogP) is 5.86. The summed E-state index contributed by atoms with van der Waals surface area (Å²) in [6, 6.07) is 16.6. The summed E-state index contributed by atoms with van der Waals surface area (Å²) < 4.78 is 19.8. The summed E-state index contributed by atoms with van der Waals surface area (Å²) in [5.74, 6) is 0.277. The van der Waals surface area contributed by atoms with Gasteiger partial charge in [-0.25, -0.2) is 19.2 Å². The standard InChI is InChI=1S/C33H35FN8O3/c1-19(35)30(20(2)36-4)23-7-11-26-29(17-23)40-31(41-32(26)42-13-15-45-16-14-42)22-5-8-24(9-6-22)38-33(44)39-25-10-12-28(27(34)18-25)37-21(3)43/h5-12,17-18,35-36H,13-16H2,1-4H3,(H,37,43)(H2,38,39,44)/b30-20+,35-19?. The molecule has 4 aromatic rings.